The van der Waals surface area contributed by atoms with Crippen LogP contribution in [0.15, 0.2) is 54.6 Å². The third kappa shape index (κ3) is 8.28. The molecule has 5 nitrogen and oxygen atoms in total. The van der Waals surface area contributed by atoms with E-state index in [1.54, 1.807) is 0 Å². The van der Waals surface area contributed by atoms with E-state index in [-0.39, 0.29) is 57.5 Å². The number of hydrogen-bond acceptors (Lipinski definition) is 4. The molecule has 0 bridgehead atoms. The Balaban J connectivity index is 0.00000380. The van der Waals surface area contributed by atoms with Gasteiger partial charge >= 0.3 is 0 Å². The molecule has 0 aromatic heterocycles. The fourth-order valence-electron chi connectivity index (χ4n) is 4.79. The van der Waals surface area contributed by atoms with Gasteiger partial charge in [-0.25, -0.2) is 0 Å². The van der Waals surface area contributed by atoms with Gasteiger partial charge in [0.25, 0.3) is 0 Å². The van der Waals surface area contributed by atoms with Crippen LogP contribution in [0.4, 0.5) is 0 Å². The molecule has 0 saturated carbocycles. The standard InChI is InChI=1S/C33H45NO3.O.V/c1-31(2,3)25-16-10-13-22(28(25)35)19-34(20-23-14-11-17-26(29(23)36)32(4,5)6)21-24-15-12-18-27(30(24)37)33(7,8)9;;/h10-18,35-37H,19-21H2,1-9H3;;/q;-2;/p-3. The van der Waals surface area contributed by atoms with Gasteiger partial charge < -0.3 is 20.8 Å². The summed E-state index contributed by atoms with van der Waals surface area (Å²) in [6.45, 7) is 19.4. The van der Waals surface area contributed by atoms with Gasteiger partial charge in [0, 0.05) is 38.2 Å². The Bertz CT molecular complexity index is 1090. The number of hydrogen-bond donors (Lipinski definition) is 0. The van der Waals surface area contributed by atoms with E-state index < -0.39 is 0 Å². The van der Waals surface area contributed by atoms with Crippen LogP contribution in [0, 0.1) is 0 Å². The minimum absolute atomic E-state index is 0. The van der Waals surface area contributed by atoms with Gasteiger partial charge in [0.2, 0.25) is 0 Å². The van der Waals surface area contributed by atoms with Crippen molar-refractivity contribution >= 4 is 0 Å². The van der Waals surface area contributed by atoms with Crippen molar-refractivity contribution < 1.29 is 39.4 Å². The van der Waals surface area contributed by atoms with Gasteiger partial charge in [0.15, 0.2) is 0 Å². The summed E-state index contributed by atoms with van der Waals surface area (Å²) < 4.78 is 0. The monoisotopic (exact) mass is 567 g/mol. The normalized spacial score (nSPS) is 12.2. The van der Waals surface area contributed by atoms with Gasteiger partial charge in [-0.2, -0.15) is 0 Å². The van der Waals surface area contributed by atoms with Crippen molar-refractivity contribution in [2.75, 3.05) is 0 Å². The first-order valence-corrected chi connectivity index (χ1v) is 13.1. The van der Waals surface area contributed by atoms with E-state index in [2.05, 4.69) is 4.90 Å². The summed E-state index contributed by atoms with van der Waals surface area (Å²) >= 11 is 0. The van der Waals surface area contributed by atoms with Crippen LogP contribution in [0.1, 0.15) is 95.7 Å². The molecule has 0 fully saturated rings. The van der Waals surface area contributed by atoms with E-state index in [0.29, 0.717) is 36.3 Å². The molecule has 0 saturated heterocycles. The molecular weight excluding hydrogens is 525 g/mol. The summed E-state index contributed by atoms with van der Waals surface area (Å²) in [7, 11) is 0. The summed E-state index contributed by atoms with van der Waals surface area (Å²) in [4.78, 5) is 2.05. The fraction of sp³-hybridized carbons (Fsp3) is 0.455. The number of benzene rings is 3. The third-order valence-electron chi connectivity index (χ3n) is 6.90. The number of para-hydroxylation sites is 3. The van der Waals surface area contributed by atoms with Crippen molar-refractivity contribution in [3.05, 3.63) is 88.0 Å². The van der Waals surface area contributed by atoms with E-state index in [1.807, 2.05) is 117 Å². The molecule has 0 aliphatic carbocycles. The van der Waals surface area contributed by atoms with Crippen LogP contribution in [-0.2, 0) is 59.9 Å². The Labute approximate surface area is 247 Å². The van der Waals surface area contributed by atoms with Crippen LogP contribution < -0.4 is 15.3 Å². The van der Waals surface area contributed by atoms with Crippen LogP contribution in [0.5, 0.6) is 17.2 Å². The quantitative estimate of drug-likeness (QED) is 0.371. The first kappa shape index (κ1) is 34.6. The third-order valence-corrected chi connectivity index (χ3v) is 6.90. The molecule has 1 radical (unpaired) electrons. The molecule has 39 heavy (non-hydrogen) atoms. The molecule has 3 aromatic rings. The predicted molar refractivity (Wildman–Crippen MR) is 147 cm³/mol. The van der Waals surface area contributed by atoms with Crippen LogP contribution >= 0.6 is 0 Å². The average molecular weight is 568 g/mol. The minimum Gasteiger partial charge on any atom is -2.00 e. The first-order chi connectivity index (χ1) is 17.0. The molecule has 0 aliphatic heterocycles. The first-order valence-electron chi connectivity index (χ1n) is 13.1. The van der Waals surface area contributed by atoms with Gasteiger partial charge in [0.05, 0.1) is 0 Å². The van der Waals surface area contributed by atoms with Crippen LogP contribution in [0.3, 0.4) is 0 Å². The van der Waals surface area contributed by atoms with Crippen molar-refractivity contribution in [3.63, 3.8) is 0 Å². The second kappa shape index (κ2) is 12.8. The topological polar surface area (TPSA) is 101 Å². The molecule has 0 N–H and O–H groups in total. The largest absolute Gasteiger partial charge is 2.00 e. The maximum Gasteiger partial charge on any atom is 0.0234 e. The predicted octanol–water partition coefficient (Wildman–Crippen LogP) is 5.88. The maximum absolute atomic E-state index is 13.4. The SMILES string of the molecule is CC(C)(C)c1cccc(CN(Cc2cccc(C(C)(C)C)c2[O-])Cc2cccc(C(C)(C)C)c2[O-])c1[O-].[O-2].[V]. The van der Waals surface area contributed by atoms with Crippen molar-refractivity contribution in [2.24, 2.45) is 0 Å². The van der Waals surface area contributed by atoms with E-state index >= 15 is 0 Å². The average Bonchev–Trinajstić information content (AvgIpc) is 2.75. The summed E-state index contributed by atoms with van der Waals surface area (Å²) in [6, 6.07) is 17.0. The molecule has 0 spiro atoms. The summed E-state index contributed by atoms with van der Waals surface area (Å²) in [6.07, 6.45) is 0. The Morgan fingerprint density at radius 3 is 0.923 bits per heavy atom. The van der Waals surface area contributed by atoms with Crippen molar-refractivity contribution in [3.8, 4) is 17.2 Å². The van der Waals surface area contributed by atoms with E-state index in [1.165, 1.54) is 0 Å². The zero-order chi connectivity index (χ0) is 27.8. The molecule has 3 aromatic carbocycles. The number of nitrogens with zero attached hydrogens (tertiary/aromatic N) is 1. The number of rotatable bonds is 6. The molecule has 0 unspecified atom stereocenters. The Morgan fingerprint density at radius 1 is 0.487 bits per heavy atom. The van der Waals surface area contributed by atoms with Crippen LogP contribution in [0.2, 0.25) is 0 Å². The zero-order valence-corrected chi connectivity index (χ0v) is 26.2. The summed E-state index contributed by atoms with van der Waals surface area (Å²) in [5.74, 6) is 0.0738. The van der Waals surface area contributed by atoms with Crippen LogP contribution in [-0.4, -0.2) is 4.90 Å². The second-order valence-corrected chi connectivity index (χ2v) is 13.3. The van der Waals surface area contributed by atoms with E-state index in [4.69, 9.17) is 0 Å². The molecule has 6 heteroatoms. The van der Waals surface area contributed by atoms with Gasteiger partial charge in [-0.15, -0.1) is 17.2 Å². The van der Waals surface area contributed by atoms with Gasteiger partial charge in [-0.1, -0.05) is 134 Å². The Morgan fingerprint density at radius 2 is 0.718 bits per heavy atom. The van der Waals surface area contributed by atoms with Gasteiger partial charge in [-0.3, -0.25) is 4.90 Å². The second-order valence-electron chi connectivity index (χ2n) is 13.3. The molecule has 0 atom stereocenters. The molecule has 0 aliphatic rings. The van der Waals surface area contributed by atoms with Crippen LogP contribution in [0.25, 0.3) is 0 Å². The summed E-state index contributed by atoms with van der Waals surface area (Å²) in [5, 5.41) is 40.2. The molecule has 0 amide bonds. The molecular formula is C33H42NO4V-5. The van der Waals surface area contributed by atoms with E-state index in [9.17, 15) is 15.3 Å². The van der Waals surface area contributed by atoms with Gasteiger partial charge in [0.1, 0.15) is 0 Å². The fourth-order valence-corrected chi connectivity index (χ4v) is 4.79. The minimum atomic E-state index is -0.273. The van der Waals surface area contributed by atoms with E-state index in [0.717, 1.165) is 16.7 Å². The molecule has 213 valence electrons. The molecule has 3 rings (SSSR count). The summed E-state index contributed by atoms with van der Waals surface area (Å²) in [5.41, 5.74) is 3.50. The molecule has 0 heterocycles. The van der Waals surface area contributed by atoms with Crippen molar-refractivity contribution in [1.82, 2.24) is 4.90 Å². The Hall–Kier alpha value is -2.44. The smallest absolute Gasteiger partial charge is 0.0234 e. The Kier molecular flexibility index (Phi) is 11.4. The van der Waals surface area contributed by atoms with Crippen molar-refractivity contribution in [1.29, 1.82) is 0 Å². The van der Waals surface area contributed by atoms with Gasteiger partial charge in [-0.05, 0) is 32.9 Å². The maximum atomic E-state index is 13.4. The van der Waals surface area contributed by atoms with Crippen molar-refractivity contribution in [2.45, 2.75) is 98.2 Å². The zero-order valence-electron chi connectivity index (χ0n) is 24.8.